The minimum atomic E-state index is -0.601. The molecule has 0 aromatic heterocycles. The number of carbonyl (C=O) groups is 1. The minimum absolute atomic E-state index is 0.0866. The van der Waals surface area contributed by atoms with E-state index in [0.717, 1.165) is 5.56 Å². The number of hydrogen-bond donors (Lipinski definition) is 2. The van der Waals surface area contributed by atoms with Gasteiger partial charge >= 0.3 is 0 Å². The summed E-state index contributed by atoms with van der Waals surface area (Å²) in [5.41, 5.74) is 0.296. The molecular weight excluding hydrogens is 266 g/mol. The van der Waals surface area contributed by atoms with Crippen molar-refractivity contribution in [1.82, 2.24) is 5.32 Å². The fourth-order valence-electron chi connectivity index (χ4n) is 1.47. The van der Waals surface area contributed by atoms with Gasteiger partial charge in [0, 0.05) is 5.02 Å². The van der Waals surface area contributed by atoms with Gasteiger partial charge in [-0.1, -0.05) is 18.5 Å². The smallest absolute Gasteiger partial charge is 0.258 e. The quantitative estimate of drug-likeness (QED) is 0.843. The monoisotopic (exact) mass is 285 g/mol. The molecule has 1 unspecified atom stereocenters. The molecule has 0 bridgehead atoms. The number of ether oxygens (including phenoxy) is 1. The molecule has 1 aromatic carbocycles. The Balaban J connectivity index is 2.52. The first-order valence-electron chi connectivity index (χ1n) is 6.21. The Morgan fingerprint density at radius 3 is 2.74 bits per heavy atom. The van der Waals surface area contributed by atoms with E-state index in [4.69, 9.17) is 16.3 Å². The predicted molar refractivity (Wildman–Crippen MR) is 75.6 cm³/mol. The summed E-state index contributed by atoms with van der Waals surface area (Å²) in [6, 6.07) is 5.22. The summed E-state index contributed by atoms with van der Waals surface area (Å²) >= 11 is 5.91. The van der Waals surface area contributed by atoms with Gasteiger partial charge in [-0.05, 0) is 44.0 Å². The molecule has 2 N–H and O–H groups in total. The maximum absolute atomic E-state index is 11.7. The molecule has 1 amide bonds. The van der Waals surface area contributed by atoms with Crippen LogP contribution in [-0.2, 0) is 4.79 Å². The van der Waals surface area contributed by atoms with Crippen molar-refractivity contribution in [2.24, 2.45) is 0 Å². The van der Waals surface area contributed by atoms with Crippen LogP contribution in [0, 0.1) is 6.92 Å². The second-order valence-electron chi connectivity index (χ2n) is 4.82. The number of halogens is 1. The lowest BCUT2D eigenvalue weighted by atomic mass is 10.0. The van der Waals surface area contributed by atoms with E-state index >= 15 is 0 Å². The number of aliphatic hydroxyl groups is 1. The summed E-state index contributed by atoms with van der Waals surface area (Å²) in [5, 5.41) is 12.6. The van der Waals surface area contributed by atoms with Gasteiger partial charge in [-0.3, -0.25) is 4.79 Å². The van der Waals surface area contributed by atoms with Gasteiger partial charge < -0.3 is 15.2 Å². The number of carbonyl (C=O) groups excluding carboxylic acids is 1. The fraction of sp³-hybridized carbons (Fsp3) is 0.500. The molecule has 4 nitrogen and oxygen atoms in total. The zero-order valence-electron chi connectivity index (χ0n) is 11.5. The first-order valence-corrected chi connectivity index (χ1v) is 6.59. The third-order valence-electron chi connectivity index (χ3n) is 3.07. The fourth-order valence-corrected chi connectivity index (χ4v) is 1.59. The number of hydrogen-bond acceptors (Lipinski definition) is 3. The first-order chi connectivity index (χ1) is 8.90. The molecule has 0 spiro atoms. The summed E-state index contributed by atoms with van der Waals surface area (Å²) < 4.78 is 5.39. The van der Waals surface area contributed by atoms with Crippen LogP contribution in [0.15, 0.2) is 18.2 Å². The van der Waals surface area contributed by atoms with Crippen molar-refractivity contribution in [3.8, 4) is 5.75 Å². The highest BCUT2D eigenvalue weighted by Gasteiger charge is 2.23. The second kappa shape index (κ2) is 6.78. The van der Waals surface area contributed by atoms with E-state index in [1.807, 2.05) is 13.8 Å². The average molecular weight is 286 g/mol. The normalized spacial score (nSPS) is 13.7. The van der Waals surface area contributed by atoms with E-state index in [-0.39, 0.29) is 19.1 Å². The molecular formula is C14H20ClNO3. The van der Waals surface area contributed by atoms with Crippen LogP contribution in [0.1, 0.15) is 25.8 Å². The summed E-state index contributed by atoms with van der Waals surface area (Å²) in [6.45, 7) is 5.37. The van der Waals surface area contributed by atoms with E-state index in [1.54, 1.807) is 25.1 Å². The van der Waals surface area contributed by atoms with Crippen molar-refractivity contribution in [3.05, 3.63) is 28.8 Å². The maximum Gasteiger partial charge on any atom is 0.258 e. The third-order valence-corrected chi connectivity index (χ3v) is 3.49. The topological polar surface area (TPSA) is 58.6 Å². The Hall–Kier alpha value is -1.26. The van der Waals surface area contributed by atoms with E-state index in [1.165, 1.54) is 0 Å². The number of rotatable bonds is 6. The first kappa shape index (κ1) is 15.8. The highest BCUT2D eigenvalue weighted by Crippen LogP contribution is 2.20. The number of amides is 1. The lowest BCUT2D eigenvalue weighted by Gasteiger charge is -2.27. The van der Waals surface area contributed by atoms with Crippen LogP contribution in [0.4, 0.5) is 0 Å². The highest BCUT2D eigenvalue weighted by atomic mass is 35.5. The molecule has 0 saturated heterocycles. The maximum atomic E-state index is 11.7. The van der Waals surface area contributed by atoms with Gasteiger partial charge in [0.2, 0.25) is 0 Å². The molecule has 1 aromatic rings. The molecule has 1 atom stereocenters. The zero-order chi connectivity index (χ0) is 14.5. The van der Waals surface area contributed by atoms with E-state index < -0.39 is 5.54 Å². The Kier molecular flexibility index (Phi) is 5.63. The number of benzene rings is 1. The van der Waals surface area contributed by atoms with Gasteiger partial charge in [0.05, 0.1) is 12.1 Å². The van der Waals surface area contributed by atoms with Gasteiger partial charge in [0.15, 0.2) is 6.61 Å². The second-order valence-corrected chi connectivity index (χ2v) is 5.23. The largest absolute Gasteiger partial charge is 0.484 e. The Bertz CT molecular complexity index is 444. The van der Waals surface area contributed by atoms with Crippen molar-refractivity contribution in [2.75, 3.05) is 13.2 Å². The van der Waals surface area contributed by atoms with Crippen LogP contribution in [0.25, 0.3) is 0 Å². The SMILES string of the molecule is CCC(C)(CO)NC(=O)COc1ccc(Cl)c(C)c1. The molecule has 0 aliphatic heterocycles. The minimum Gasteiger partial charge on any atom is -0.484 e. The lowest BCUT2D eigenvalue weighted by molar-refractivity contribution is -0.125. The number of aryl methyl sites for hydroxylation is 1. The van der Waals surface area contributed by atoms with Crippen molar-refractivity contribution < 1.29 is 14.6 Å². The van der Waals surface area contributed by atoms with Gasteiger partial charge in [-0.25, -0.2) is 0 Å². The van der Waals surface area contributed by atoms with Gasteiger partial charge in [-0.15, -0.1) is 0 Å². The molecule has 0 fully saturated rings. The van der Waals surface area contributed by atoms with E-state index in [0.29, 0.717) is 17.2 Å². The molecule has 0 aliphatic rings. The van der Waals surface area contributed by atoms with Crippen LogP contribution in [0.5, 0.6) is 5.75 Å². The summed E-state index contributed by atoms with van der Waals surface area (Å²) in [4.78, 5) is 11.7. The number of nitrogens with one attached hydrogen (secondary N) is 1. The highest BCUT2D eigenvalue weighted by molar-refractivity contribution is 6.31. The van der Waals surface area contributed by atoms with Crippen molar-refractivity contribution >= 4 is 17.5 Å². The van der Waals surface area contributed by atoms with Gasteiger partial charge in [0.25, 0.3) is 5.91 Å². The standard InChI is InChI=1S/C14H20ClNO3/c1-4-14(3,9-17)16-13(18)8-19-11-5-6-12(15)10(2)7-11/h5-7,17H,4,8-9H2,1-3H3,(H,16,18). The molecule has 19 heavy (non-hydrogen) atoms. The molecule has 1 rings (SSSR count). The van der Waals surface area contributed by atoms with E-state index in [9.17, 15) is 9.90 Å². The van der Waals surface area contributed by atoms with Crippen molar-refractivity contribution in [3.63, 3.8) is 0 Å². The van der Waals surface area contributed by atoms with Gasteiger partial charge in [-0.2, -0.15) is 0 Å². The molecule has 106 valence electrons. The van der Waals surface area contributed by atoms with Crippen molar-refractivity contribution in [2.45, 2.75) is 32.7 Å². The van der Waals surface area contributed by atoms with Crippen LogP contribution in [-0.4, -0.2) is 29.8 Å². The van der Waals surface area contributed by atoms with Crippen LogP contribution < -0.4 is 10.1 Å². The van der Waals surface area contributed by atoms with Crippen LogP contribution >= 0.6 is 11.6 Å². The van der Waals surface area contributed by atoms with Crippen molar-refractivity contribution in [1.29, 1.82) is 0 Å². The molecule has 0 radical (unpaired) electrons. The van der Waals surface area contributed by atoms with Crippen LogP contribution in [0.3, 0.4) is 0 Å². The number of aliphatic hydroxyl groups excluding tert-OH is 1. The van der Waals surface area contributed by atoms with E-state index in [2.05, 4.69) is 5.32 Å². The predicted octanol–water partition coefficient (Wildman–Crippen LogP) is 2.30. The molecule has 0 aliphatic carbocycles. The zero-order valence-corrected chi connectivity index (χ0v) is 12.3. The molecule has 5 heteroatoms. The lowest BCUT2D eigenvalue weighted by Crippen LogP contribution is -2.49. The summed E-state index contributed by atoms with van der Waals surface area (Å²) in [6.07, 6.45) is 0.648. The Morgan fingerprint density at radius 1 is 1.53 bits per heavy atom. The summed E-state index contributed by atoms with van der Waals surface area (Å²) in [5.74, 6) is 0.338. The van der Waals surface area contributed by atoms with Crippen LogP contribution in [0.2, 0.25) is 5.02 Å². The molecule has 0 heterocycles. The van der Waals surface area contributed by atoms with Gasteiger partial charge in [0.1, 0.15) is 5.75 Å². The molecule has 0 saturated carbocycles. The average Bonchev–Trinajstić information content (AvgIpc) is 2.40. The third kappa shape index (κ3) is 4.73. The Labute approximate surface area is 118 Å². The summed E-state index contributed by atoms with van der Waals surface area (Å²) in [7, 11) is 0. The Morgan fingerprint density at radius 2 is 2.21 bits per heavy atom.